The molecule has 1 N–H and O–H groups in total. The number of nitrogens with zero attached hydrogens (tertiary/aromatic N) is 3. The maximum atomic E-state index is 11.6. The van der Waals surface area contributed by atoms with E-state index in [2.05, 4.69) is 44.4 Å². The first-order valence-corrected chi connectivity index (χ1v) is 8.57. The highest BCUT2D eigenvalue weighted by Gasteiger charge is 2.18. The highest BCUT2D eigenvalue weighted by molar-refractivity contribution is 5.90. The Morgan fingerprint density at radius 2 is 1.75 bits per heavy atom. The summed E-state index contributed by atoms with van der Waals surface area (Å²) in [7, 11) is 0. The number of carbonyl (C=O) groups excluding carboxylic acids is 1. The molecule has 2 heterocycles. The molecule has 1 amide bonds. The van der Waals surface area contributed by atoms with Crippen LogP contribution in [-0.4, -0.2) is 37.1 Å². The van der Waals surface area contributed by atoms with Crippen LogP contribution in [0.5, 0.6) is 0 Å². The lowest BCUT2D eigenvalue weighted by Gasteiger charge is -2.36. The summed E-state index contributed by atoms with van der Waals surface area (Å²) >= 11 is 0. The number of rotatable bonds is 5. The molecular weight excluding hydrogens is 300 g/mol. The molecule has 5 heteroatoms. The van der Waals surface area contributed by atoms with Gasteiger partial charge in [0.05, 0.1) is 11.9 Å². The Morgan fingerprint density at radius 3 is 2.38 bits per heavy atom. The van der Waals surface area contributed by atoms with Gasteiger partial charge in [-0.1, -0.05) is 25.1 Å². The molecule has 0 bridgehead atoms. The highest BCUT2D eigenvalue weighted by Crippen LogP contribution is 2.20. The molecule has 1 aliphatic rings. The van der Waals surface area contributed by atoms with Gasteiger partial charge >= 0.3 is 0 Å². The quantitative estimate of drug-likeness (QED) is 0.918. The number of piperazine rings is 1. The van der Waals surface area contributed by atoms with Gasteiger partial charge in [-0.2, -0.15) is 0 Å². The molecule has 3 rings (SSSR count). The lowest BCUT2D eigenvalue weighted by Crippen LogP contribution is -2.46. The fraction of sp³-hybridized carbons (Fsp3) is 0.368. The Morgan fingerprint density at radius 1 is 1.04 bits per heavy atom. The SMILES string of the molecule is CCCC(=O)Nc1ccc(N2CCN(c3ccccc3)CC2)nc1. The number of amides is 1. The highest BCUT2D eigenvalue weighted by atomic mass is 16.1. The second-order valence-electron chi connectivity index (χ2n) is 6.01. The van der Waals surface area contributed by atoms with E-state index in [1.54, 1.807) is 6.20 Å². The molecule has 1 fully saturated rings. The lowest BCUT2D eigenvalue weighted by molar-refractivity contribution is -0.116. The van der Waals surface area contributed by atoms with Crippen LogP contribution in [-0.2, 0) is 4.79 Å². The van der Waals surface area contributed by atoms with Crippen LogP contribution < -0.4 is 15.1 Å². The summed E-state index contributed by atoms with van der Waals surface area (Å²) in [5.41, 5.74) is 2.04. The molecule has 0 atom stereocenters. The average Bonchev–Trinajstić information content (AvgIpc) is 2.63. The van der Waals surface area contributed by atoms with E-state index in [0.717, 1.165) is 44.1 Å². The molecule has 126 valence electrons. The van der Waals surface area contributed by atoms with Crippen molar-refractivity contribution in [2.45, 2.75) is 19.8 Å². The van der Waals surface area contributed by atoms with Gasteiger partial charge in [0.25, 0.3) is 0 Å². The van der Waals surface area contributed by atoms with Crippen LogP contribution in [0.3, 0.4) is 0 Å². The Kier molecular flexibility index (Phi) is 5.31. The summed E-state index contributed by atoms with van der Waals surface area (Å²) in [6.07, 6.45) is 3.14. The summed E-state index contributed by atoms with van der Waals surface area (Å²) in [4.78, 5) is 20.8. The molecule has 5 nitrogen and oxygen atoms in total. The van der Waals surface area contributed by atoms with Gasteiger partial charge in [-0.05, 0) is 30.7 Å². The molecule has 0 spiro atoms. The van der Waals surface area contributed by atoms with E-state index in [9.17, 15) is 4.79 Å². The van der Waals surface area contributed by atoms with Gasteiger partial charge in [0.15, 0.2) is 0 Å². The van der Waals surface area contributed by atoms with Crippen molar-refractivity contribution in [3.63, 3.8) is 0 Å². The minimum Gasteiger partial charge on any atom is -0.368 e. The average molecular weight is 324 g/mol. The number of pyridine rings is 1. The number of benzene rings is 1. The van der Waals surface area contributed by atoms with E-state index in [4.69, 9.17) is 0 Å². The summed E-state index contributed by atoms with van der Waals surface area (Å²) in [5.74, 6) is 1.01. The first-order valence-electron chi connectivity index (χ1n) is 8.57. The van der Waals surface area contributed by atoms with Crippen molar-refractivity contribution in [1.82, 2.24) is 4.98 Å². The number of carbonyl (C=O) groups is 1. The molecule has 1 saturated heterocycles. The summed E-state index contributed by atoms with van der Waals surface area (Å²) < 4.78 is 0. The Balaban J connectivity index is 1.55. The molecule has 1 aromatic carbocycles. The second kappa shape index (κ2) is 7.81. The van der Waals surface area contributed by atoms with Crippen molar-refractivity contribution in [1.29, 1.82) is 0 Å². The molecule has 1 aromatic heterocycles. The predicted octanol–water partition coefficient (Wildman–Crippen LogP) is 3.15. The first-order chi connectivity index (χ1) is 11.8. The van der Waals surface area contributed by atoms with Gasteiger partial charge in [0.1, 0.15) is 5.82 Å². The summed E-state index contributed by atoms with van der Waals surface area (Å²) in [6, 6.07) is 14.4. The fourth-order valence-corrected chi connectivity index (χ4v) is 2.93. The predicted molar refractivity (Wildman–Crippen MR) is 98.6 cm³/mol. The molecule has 24 heavy (non-hydrogen) atoms. The van der Waals surface area contributed by atoms with Crippen molar-refractivity contribution in [3.05, 3.63) is 48.7 Å². The van der Waals surface area contributed by atoms with E-state index in [1.807, 2.05) is 25.1 Å². The van der Waals surface area contributed by atoms with Crippen molar-refractivity contribution < 1.29 is 4.79 Å². The van der Waals surface area contributed by atoms with E-state index in [1.165, 1.54) is 5.69 Å². The molecule has 2 aromatic rings. The third-order valence-corrected chi connectivity index (χ3v) is 4.23. The Labute approximate surface area is 143 Å². The maximum absolute atomic E-state index is 11.6. The zero-order valence-corrected chi connectivity index (χ0v) is 14.1. The van der Waals surface area contributed by atoms with Gasteiger partial charge in [0.2, 0.25) is 5.91 Å². The van der Waals surface area contributed by atoms with Crippen molar-refractivity contribution in [2.24, 2.45) is 0 Å². The largest absolute Gasteiger partial charge is 0.368 e. The minimum absolute atomic E-state index is 0.0449. The molecule has 0 radical (unpaired) electrons. The molecule has 0 unspecified atom stereocenters. The van der Waals surface area contributed by atoms with E-state index in [0.29, 0.717) is 6.42 Å². The van der Waals surface area contributed by atoms with E-state index >= 15 is 0 Å². The summed E-state index contributed by atoms with van der Waals surface area (Å²) in [5, 5.41) is 2.87. The zero-order chi connectivity index (χ0) is 16.8. The summed E-state index contributed by atoms with van der Waals surface area (Å²) in [6.45, 7) is 5.87. The number of para-hydroxylation sites is 1. The van der Waals surface area contributed by atoms with Crippen molar-refractivity contribution >= 4 is 23.1 Å². The zero-order valence-electron chi connectivity index (χ0n) is 14.1. The lowest BCUT2D eigenvalue weighted by atomic mass is 10.2. The third-order valence-electron chi connectivity index (χ3n) is 4.23. The molecule has 0 saturated carbocycles. The number of hydrogen-bond acceptors (Lipinski definition) is 4. The monoisotopic (exact) mass is 324 g/mol. The standard InChI is InChI=1S/C19H24N4O/c1-2-6-19(24)21-16-9-10-18(20-15-16)23-13-11-22(12-14-23)17-7-4-3-5-8-17/h3-5,7-10,15H,2,6,11-14H2,1H3,(H,21,24). The maximum Gasteiger partial charge on any atom is 0.224 e. The van der Waals surface area contributed by atoms with Crippen LogP contribution in [0.2, 0.25) is 0 Å². The van der Waals surface area contributed by atoms with E-state index in [-0.39, 0.29) is 5.91 Å². The molecule has 1 aliphatic heterocycles. The van der Waals surface area contributed by atoms with E-state index < -0.39 is 0 Å². The van der Waals surface area contributed by atoms with Crippen LogP contribution >= 0.6 is 0 Å². The van der Waals surface area contributed by atoms with Gasteiger partial charge in [0, 0.05) is 38.3 Å². The number of anilines is 3. The Hall–Kier alpha value is -2.56. The number of aromatic nitrogens is 1. The fourth-order valence-electron chi connectivity index (χ4n) is 2.93. The van der Waals surface area contributed by atoms with Crippen LogP contribution in [0.15, 0.2) is 48.7 Å². The first kappa shape index (κ1) is 16.3. The Bertz CT molecular complexity index is 649. The van der Waals surface area contributed by atoms with Gasteiger partial charge in [-0.15, -0.1) is 0 Å². The molecular formula is C19H24N4O. The van der Waals surface area contributed by atoms with Crippen LogP contribution in [0.25, 0.3) is 0 Å². The second-order valence-corrected chi connectivity index (χ2v) is 6.01. The third kappa shape index (κ3) is 4.04. The van der Waals surface area contributed by atoms with Crippen LogP contribution in [0, 0.1) is 0 Å². The van der Waals surface area contributed by atoms with Gasteiger partial charge in [-0.25, -0.2) is 4.98 Å². The number of hydrogen-bond donors (Lipinski definition) is 1. The smallest absolute Gasteiger partial charge is 0.224 e. The number of nitrogens with one attached hydrogen (secondary N) is 1. The normalized spacial score (nSPS) is 14.5. The minimum atomic E-state index is 0.0449. The van der Waals surface area contributed by atoms with Gasteiger partial charge < -0.3 is 15.1 Å². The molecule has 0 aliphatic carbocycles. The topological polar surface area (TPSA) is 48.5 Å². The van der Waals surface area contributed by atoms with Gasteiger partial charge in [-0.3, -0.25) is 4.79 Å². The van der Waals surface area contributed by atoms with Crippen molar-refractivity contribution in [2.75, 3.05) is 41.3 Å². The van der Waals surface area contributed by atoms with Crippen molar-refractivity contribution in [3.8, 4) is 0 Å². The van der Waals surface area contributed by atoms with Crippen LogP contribution in [0.1, 0.15) is 19.8 Å². The van der Waals surface area contributed by atoms with Crippen LogP contribution in [0.4, 0.5) is 17.2 Å².